The highest BCUT2D eigenvalue weighted by atomic mass is 19.4. The first-order valence-electron chi connectivity index (χ1n) is 6.52. The first-order valence-corrected chi connectivity index (χ1v) is 6.52. The first kappa shape index (κ1) is 14.0. The lowest BCUT2D eigenvalue weighted by Crippen LogP contribution is -2.41. The first-order chi connectivity index (χ1) is 8.79. The largest absolute Gasteiger partial charge is 0.416 e. The number of anilines is 2. The molecule has 1 heterocycles. The van der Waals surface area contributed by atoms with Gasteiger partial charge in [0, 0.05) is 12.6 Å². The summed E-state index contributed by atoms with van der Waals surface area (Å²) in [4.78, 5) is 2.11. The van der Waals surface area contributed by atoms with Crippen molar-refractivity contribution in [3.63, 3.8) is 0 Å². The van der Waals surface area contributed by atoms with Gasteiger partial charge in [0.05, 0.1) is 16.9 Å². The van der Waals surface area contributed by atoms with Gasteiger partial charge in [-0.15, -0.1) is 0 Å². The average molecular weight is 272 g/mol. The molecule has 2 N–H and O–H groups in total. The lowest BCUT2D eigenvalue weighted by Gasteiger charge is -2.39. The Morgan fingerprint density at radius 1 is 1.21 bits per heavy atom. The molecule has 0 bridgehead atoms. The summed E-state index contributed by atoms with van der Waals surface area (Å²) in [7, 11) is 0. The Balaban J connectivity index is 2.30. The Morgan fingerprint density at radius 2 is 1.89 bits per heavy atom. The van der Waals surface area contributed by atoms with Gasteiger partial charge in [0.15, 0.2) is 0 Å². The fourth-order valence-corrected chi connectivity index (χ4v) is 2.62. The van der Waals surface area contributed by atoms with Crippen LogP contribution in [0.1, 0.15) is 32.3 Å². The standard InChI is InChI=1S/C14H19F3N2/c1-9-3-4-10(2)19(8-9)13-6-5-11(7-12(13)18)14(15,16)17/h5-7,9-10H,3-4,8,18H2,1-2H3. The summed E-state index contributed by atoms with van der Waals surface area (Å²) in [6.45, 7) is 5.08. The van der Waals surface area contributed by atoms with Crippen molar-refractivity contribution < 1.29 is 13.2 Å². The van der Waals surface area contributed by atoms with E-state index in [9.17, 15) is 13.2 Å². The molecule has 106 valence electrons. The molecule has 2 atom stereocenters. The van der Waals surface area contributed by atoms with Crippen molar-refractivity contribution in [1.82, 2.24) is 0 Å². The van der Waals surface area contributed by atoms with Crippen LogP contribution in [0.4, 0.5) is 24.5 Å². The molecular weight excluding hydrogens is 253 g/mol. The van der Waals surface area contributed by atoms with Crippen LogP contribution in [0, 0.1) is 5.92 Å². The van der Waals surface area contributed by atoms with Crippen LogP contribution < -0.4 is 10.6 Å². The fraction of sp³-hybridized carbons (Fsp3) is 0.571. The molecule has 1 aliphatic rings. The molecule has 1 fully saturated rings. The summed E-state index contributed by atoms with van der Waals surface area (Å²) in [5.74, 6) is 0.540. The van der Waals surface area contributed by atoms with Gasteiger partial charge in [-0.1, -0.05) is 6.92 Å². The fourth-order valence-electron chi connectivity index (χ4n) is 2.62. The second-order valence-electron chi connectivity index (χ2n) is 5.46. The number of alkyl halides is 3. The van der Waals surface area contributed by atoms with Crippen molar-refractivity contribution in [2.75, 3.05) is 17.2 Å². The third kappa shape index (κ3) is 2.96. The number of nitrogen functional groups attached to an aromatic ring is 1. The molecule has 0 aromatic heterocycles. The van der Waals surface area contributed by atoms with Crippen molar-refractivity contribution >= 4 is 11.4 Å². The molecule has 0 saturated carbocycles. The van der Waals surface area contributed by atoms with Gasteiger partial charge in [-0.05, 0) is 43.9 Å². The Labute approximate surface area is 111 Å². The summed E-state index contributed by atoms with van der Waals surface area (Å²) in [6.07, 6.45) is -2.15. The molecule has 1 aliphatic heterocycles. The van der Waals surface area contributed by atoms with Crippen LogP contribution in [0.15, 0.2) is 18.2 Å². The number of hydrogen-bond donors (Lipinski definition) is 1. The third-order valence-electron chi connectivity index (χ3n) is 3.78. The molecule has 0 radical (unpaired) electrons. The van der Waals surface area contributed by atoms with E-state index in [1.165, 1.54) is 6.07 Å². The minimum absolute atomic E-state index is 0.204. The summed E-state index contributed by atoms with van der Waals surface area (Å²) >= 11 is 0. The van der Waals surface area contributed by atoms with E-state index < -0.39 is 11.7 Å². The molecule has 1 saturated heterocycles. The monoisotopic (exact) mass is 272 g/mol. The smallest absolute Gasteiger partial charge is 0.397 e. The van der Waals surface area contributed by atoms with E-state index in [1.54, 1.807) is 0 Å². The lowest BCUT2D eigenvalue weighted by atomic mass is 9.94. The molecule has 0 aliphatic carbocycles. The molecule has 2 rings (SSSR count). The minimum atomic E-state index is -4.34. The van der Waals surface area contributed by atoms with Crippen LogP contribution in [0.5, 0.6) is 0 Å². The maximum Gasteiger partial charge on any atom is 0.416 e. The molecular formula is C14H19F3N2. The summed E-state index contributed by atoms with van der Waals surface area (Å²) in [5.41, 5.74) is 6.05. The zero-order valence-corrected chi connectivity index (χ0v) is 11.2. The van der Waals surface area contributed by atoms with Crippen LogP contribution in [-0.4, -0.2) is 12.6 Å². The van der Waals surface area contributed by atoms with Crippen LogP contribution in [0.2, 0.25) is 0 Å². The molecule has 1 aromatic carbocycles. The van der Waals surface area contributed by atoms with E-state index in [-0.39, 0.29) is 5.69 Å². The number of piperidine rings is 1. The van der Waals surface area contributed by atoms with Crippen LogP contribution in [0.3, 0.4) is 0 Å². The van der Waals surface area contributed by atoms with E-state index in [0.717, 1.165) is 31.5 Å². The molecule has 2 nitrogen and oxygen atoms in total. The van der Waals surface area contributed by atoms with Gasteiger partial charge in [-0.3, -0.25) is 0 Å². The molecule has 5 heteroatoms. The SMILES string of the molecule is CC1CCC(C)N(c2ccc(C(F)(F)F)cc2N)C1. The Morgan fingerprint density at radius 3 is 2.47 bits per heavy atom. The maximum atomic E-state index is 12.6. The Kier molecular flexibility index (Phi) is 3.65. The van der Waals surface area contributed by atoms with Gasteiger partial charge in [0.2, 0.25) is 0 Å². The lowest BCUT2D eigenvalue weighted by molar-refractivity contribution is -0.137. The number of nitrogens with zero attached hydrogens (tertiary/aromatic N) is 1. The summed E-state index contributed by atoms with van der Waals surface area (Å²) in [5, 5.41) is 0. The molecule has 1 aromatic rings. The van der Waals surface area contributed by atoms with Gasteiger partial charge in [-0.2, -0.15) is 13.2 Å². The predicted molar refractivity (Wildman–Crippen MR) is 71.1 cm³/mol. The van der Waals surface area contributed by atoms with Gasteiger partial charge >= 0.3 is 6.18 Å². The number of halogens is 3. The zero-order valence-electron chi connectivity index (χ0n) is 11.2. The average Bonchev–Trinajstić information content (AvgIpc) is 2.31. The number of hydrogen-bond acceptors (Lipinski definition) is 2. The molecule has 0 spiro atoms. The Hall–Kier alpha value is -1.39. The highest BCUT2D eigenvalue weighted by molar-refractivity contribution is 5.69. The van der Waals surface area contributed by atoms with Crippen molar-refractivity contribution in [3.8, 4) is 0 Å². The molecule has 2 unspecified atom stereocenters. The summed E-state index contributed by atoms with van der Waals surface area (Å²) in [6, 6.07) is 3.95. The van der Waals surface area contributed by atoms with Crippen molar-refractivity contribution in [1.29, 1.82) is 0 Å². The van der Waals surface area contributed by atoms with Gasteiger partial charge in [0.1, 0.15) is 0 Å². The van der Waals surface area contributed by atoms with E-state index >= 15 is 0 Å². The minimum Gasteiger partial charge on any atom is -0.397 e. The summed E-state index contributed by atoms with van der Waals surface area (Å²) < 4.78 is 37.8. The quantitative estimate of drug-likeness (QED) is 0.785. The Bertz CT molecular complexity index is 456. The normalized spacial score (nSPS) is 24.6. The number of benzene rings is 1. The van der Waals surface area contributed by atoms with Crippen LogP contribution in [-0.2, 0) is 6.18 Å². The van der Waals surface area contributed by atoms with E-state index in [0.29, 0.717) is 17.6 Å². The highest BCUT2D eigenvalue weighted by Crippen LogP contribution is 2.36. The topological polar surface area (TPSA) is 29.3 Å². The van der Waals surface area contributed by atoms with Gasteiger partial charge in [0.25, 0.3) is 0 Å². The predicted octanol–water partition coefficient (Wildman–Crippen LogP) is 3.91. The maximum absolute atomic E-state index is 12.6. The second kappa shape index (κ2) is 4.94. The van der Waals surface area contributed by atoms with Crippen molar-refractivity contribution in [2.24, 2.45) is 5.92 Å². The van der Waals surface area contributed by atoms with E-state index in [1.807, 2.05) is 0 Å². The molecule has 0 amide bonds. The van der Waals surface area contributed by atoms with Crippen molar-refractivity contribution in [3.05, 3.63) is 23.8 Å². The van der Waals surface area contributed by atoms with E-state index in [2.05, 4.69) is 18.7 Å². The second-order valence-corrected chi connectivity index (χ2v) is 5.46. The number of nitrogens with two attached hydrogens (primary N) is 1. The van der Waals surface area contributed by atoms with Gasteiger partial charge in [-0.25, -0.2) is 0 Å². The van der Waals surface area contributed by atoms with Gasteiger partial charge < -0.3 is 10.6 Å². The zero-order chi connectivity index (χ0) is 14.2. The third-order valence-corrected chi connectivity index (χ3v) is 3.78. The number of rotatable bonds is 1. The van der Waals surface area contributed by atoms with E-state index in [4.69, 9.17) is 5.73 Å². The van der Waals surface area contributed by atoms with Crippen LogP contribution >= 0.6 is 0 Å². The van der Waals surface area contributed by atoms with Crippen molar-refractivity contribution in [2.45, 2.75) is 38.9 Å². The molecule has 19 heavy (non-hydrogen) atoms. The highest BCUT2D eigenvalue weighted by Gasteiger charge is 2.32. The van der Waals surface area contributed by atoms with Crippen LogP contribution in [0.25, 0.3) is 0 Å².